The molecule has 0 atom stereocenters. The van der Waals surface area contributed by atoms with Gasteiger partial charge in [0, 0.05) is 13.1 Å². The number of morpholine rings is 1. The number of hydrogen-bond donors (Lipinski definition) is 0. The summed E-state index contributed by atoms with van der Waals surface area (Å²) in [4.78, 5) is 12.7. The lowest BCUT2D eigenvalue weighted by Crippen LogP contribution is -2.41. The van der Waals surface area contributed by atoms with Gasteiger partial charge in [-0.3, -0.25) is 0 Å². The van der Waals surface area contributed by atoms with E-state index in [0.717, 1.165) is 25.7 Å². The quantitative estimate of drug-likeness (QED) is 0.734. The molecule has 0 bridgehead atoms. The van der Waals surface area contributed by atoms with Crippen LogP contribution in [0.25, 0.3) is 0 Å². The summed E-state index contributed by atoms with van der Waals surface area (Å²) in [5.74, 6) is -0.432. The average Bonchev–Trinajstić information content (AvgIpc) is 2.69. The molecule has 144 valence electrons. The van der Waals surface area contributed by atoms with Gasteiger partial charge in [0.25, 0.3) is 0 Å². The van der Waals surface area contributed by atoms with E-state index in [1.807, 2.05) is 6.92 Å². The van der Waals surface area contributed by atoms with E-state index >= 15 is 0 Å². The summed E-state index contributed by atoms with van der Waals surface area (Å²) in [5, 5.41) is 0. The topological polar surface area (TPSA) is 72.9 Å². The third-order valence-electron chi connectivity index (χ3n) is 5.10. The molecule has 2 aliphatic rings. The zero-order valence-corrected chi connectivity index (χ0v) is 16.1. The Labute approximate surface area is 155 Å². The maximum absolute atomic E-state index is 13.1. The third kappa shape index (κ3) is 4.27. The maximum atomic E-state index is 13.1. The van der Waals surface area contributed by atoms with Crippen LogP contribution < -0.4 is 0 Å². The number of ether oxygens (including phenoxy) is 2. The molecule has 26 heavy (non-hydrogen) atoms. The Balaban J connectivity index is 1.84. The highest BCUT2D eigenvalue weighted by Gasteiger charge is 2.29. The van der Waals surface area contributed by atoms with Gasteiger partial charge in [-0.25, -0.2) is 13.2 Å². The summed E-state index contributed by atoms with van der Waals surface area (Å²) in [5.41, 5.74) is 1.02. The number of benzene rings is 1. The van der Waals surface area contributed by atoms with E-state index in [1.165, 1.54) is 16.8 Å². The molecular weight excluding hydrogens is 354 g/mol. The number of sulfonamides is 1. The second-order valence-electron chi connectivity index (χ2n) is 6.86. The van der Waals surface area contributed by atoms with Gasteiger partial charge < -0.3 is 9.47 Å². The molecular formula is C19H27NO5S. The van der Waals surface area contributed by atoms with Crippen LogP contribution in [-0.2, 0) is 25.9 Å². The second-order valence-corrected chi connectivity index (χ2v) is 8.76. The molecule has 1 aliphatic carbocycles. The number of carbonyl (C=O) groups excluding carboxylic acids is 1. The molecule has 3 rings (SSSR count). The van der Waals surface area contributed by atoms with Gasteiger partial charge in [-0.15, -0.1) is 0 Å². The van der Waals surface area contributed by atoms with Crippen molar-refractivity contribution in [2.45, 2.75) is 56.4 Å². The van der Waals surface area contributed by atoms with Crippen LogP contribution in [-0.4, -0.2) is 51.1 Å². The standard InChI is InChI=1S/C19H27NO5S/c1-2-15-8-9-16(19(21)25-17-6-4-3-5-7-17)14-18(15)26(22,23)20-10-12-24-13-11-20/h8-9,14,17H,2-7,10-13H2,1H3. The summed E-state index contributed by atoms with van der Waals surface area (Å²) in [6.45, 7) is 3.37. The van der Waals surface area contributed by atoms with Crippen LogP contribution >= 0.6 is 0 Å². The Morgan fingerprint density at radius 3 is 2.54 bits per heavy atom. The zero-order chi connectivity index (χ0) is 18.6. The molecule has 0 amide bonds. The van der Waals surface area contributed by atoms with Crippen molar-refractivity contribution < 1.29 is 22.7 Å². The summed E-state index contributed by atoms with van der Waals surface area (Å²) >= 11 is 0. The number of hydrogen-bond acceptors (Lipinski definition) is 5. The normalized spacial score (nSPS) is 20.0. The SMILES string of the molecule is CCc1ccc(C(=O)OC2CCCCC2)cc1S(=O)(=O)N1CCOCC1. The van der Waals surface area contributed by atoms with E-state index in [1.54, 1.807) is 12.1 Å². The molecule has 0 radical (unpaired) electrons. The second kappa shape index (κ2) is 8.50. The molecule has 0 spiro atoms. The van der Waals surface area contributed by atoms with Gasteiger partial charge in [0.2, 0.25) is 10.0 Å². The molecule has 6 nitrogen and oxygen atoms in total. The minimum absolute atomic E-state index is 0.0543. The van der Waals surface area contributed by atoms with Crippen LogP contribution in [0.15, 0.2) is 23.1 Å². The first-order chi connectivity index (χ1) is 12.5. The Kier molecular flexibility index (Phi) is 6.32. The Bertz CT molecular complexity index is 734. The molecule has 0 N–H and O–H groups in total. The lowest BCUT2D eigenvalue weighted by Gasteiger charge is -2.27. The maximum Gasteiger partial charge on any atom is 0.338 e. The number of nitrogens with zero attached hydrogens (tertiary/aromatic N) is 1. The van der Waals surface area contributed by atoms with E-state index in [2.05, 4.69) is 0 Å². The van der Waals surface area contributed by atoms with Crippen molar-refractivity contribution in [1.29, 1.82) is 0 Å². The van der Waals surface area contributed by atoms with Gasteiger partial charge in [-0.2, -0.15) is 4.31 Å². The van der Waals surface area contributed by atoms with Crippen molar-refractivity contribution in [1.82, 2.24) is 4.31 Å². The van der Waals surface area contributed by atoms with Crippen molar-refractivity contribution in [3.05, 3.63) is 29.3 Å². The highest BCUT2D eigenvalue weighted by molar-refractivity contribution is 7.89. The molecule has 7 heteroatoms. The van der Waals surface area contributed by atoms with Crippen LogP contribution in [0, 0.1) is 0 Å². The van der Waals surface area contributed by atoms with Gasteiger partial charge >= 0.3 is 5.97 Å². The smallest absolute Gasteiger partial charge is 0.338 e. The van der Waals surface area contributed by atoms with E-state index in [9.17, 15) is 13.2 Å². The van der Waals surface area contributed by atoms with Crippen LogP contribution in [0.4, 0.5) is 0 Å². The first-order valence-corrected chi connectivity index (χ1v) is 10.9. The van der Waals surface area contributed by atoms with Gasteiger partial charge in [0.15, 0.2) is 0 Å². The Morgan fingerprint density at radius 2 is 1.88 bits per heavy atom. The van der Waals surface area contributed by atoms with Crippen LogP contribution in [0.3, 0.4) is 0 Å². The van der Waals surface area contributed by atoms with E-state index < -0.39 is 16.0 Å². The Morgan fingerprint density at radius 1 is 1.19 bits per heavy atom. The highest BCUT2D eigenvalue weighted by atomic mass is 32.2. The molecule has 1 saturated carbocycles. The van der Waals surface area contributed by atoms with Gasteiger partial charge in [-0.05, 0) is 49.8 Å². The number of carbonyl (C=O) groups is 1. The zero-order valence-electron chi connectivity index (χ0n) is 15.3. The summed E-state index contributed by atoms with van der Waals surface area (Å²) < 4.78 is 38.4. The first-order valence-electron chi connectivity index (χ1n) is 9.44. The van der Waals surface area contributed by atoms with Crippen molar-refractivity contribution in [3.8, 4) is 0 Å². The monoisotopic (exact) mass is 381 g/mol. The summed E-state index contributed by atoms with van der Waals surface area (Å²) in [6, 6.07) is 4.88. The molecule has 1 aromatic rings. The first kappa shape index (κ1) is 19.3. The highest BCUT2D eigenvalue weighted by Crippen LogP contribution is 2.25. The molecule has 1 aromatic carbocycles. The van der Waals surface area contributed by atoms with Crippen molar-refractivity contribution in [2.24, 2.45) is 0 Å². The summed E-state index contributed by atoms with van der Waals surface area (Å²) in [6.07, 6.45) is 5.63. The van der Waals surface area contributed by atoms with Crippen molar-refractivity contribution in [3.63, 3.8) is 0 Å². The van der Waals surface area contributed by atoms with Gasteiger partial charge in [-0.1, -0.05) is 19.4 Å². The van der Waals surface area contributed by atoms with Crippen LogP contribution in [0.2, 0.25) is 0 Å². The fourth-order valence-electron chi connectivity index (χ4n) is 3.54. The fraction of sp³-hybridized carbons (Fsp3) is 0.632. The van der Waals surface area contributed by atoms with E-state index in [4.69, 9.17) is 9.47 Å². The molecule has 1 aliphatic heterocycles. The lowest BCUT2D eigenvalue weighted by atomic mass is 9.98. The minimum atomic E-state index is -3.65. The van der Waals surface area contributed by atoms with Gasteiger partial charge in [0.1, 0.15) is 6.10 Å². The fourth-order valence-corrected chi connectivity index (χ4v) is 5.27. The number of aryl methyl sites for hydroxylation is 1. The molecule has 1 heterocycles. The Hall–Kier alpha value is -1.44. The van der Waals surface area contributed by atoms with E-state index in [0.29, 0.717) is 43.9 Å². The van der Waals surface area contributed by atoms with Crippen molar-refractivity contribution >= 4 is 16.0 Å². The molecule has 0 aromatic heterocycles. The number of rotatable bonds is 5. The predicted octanol–water partition coefficient (Wildman–Crippen LogP) is 2.76. The summed E-state index contributed by atoms with van der Waals surface area (Å²) in [7, 11) is -3.65. The molecule has 1 saturated heterocycles. The largest absolute Gasteiger partial charge is 0.459 e. The van der Waals surface area contributed by atoms with Gasteiger partial charge in [0.05, 0.1) is 23.7 Å². The average molecular weight is 381 g/mol. The molecule has 2 fully saturated rings. The predicted molar refractivity (Wildman–Crippen MR) is 97.7 cm³/mol. The third-order valence-corrected chi connectivity index (χ3v) is 7.08. The minimum Gasteiger partial charge on any atom is -0.459 e. The number of esters is 1. The van der Waals surface area contributed by atoms with E-state index in [-0.39, 0.29) is 11.0 Å². The van der Waals surface area contributed by atoms with Crippen LogP contribution in [0.5, 0.6) is 0 Å². The van der Waals surface area contributed by atoms with Crippen LogP contribution in [0.1, 0.15) is 54.9 Å². The van der Waals surface area contributed by atoms with Crippen molar-refractivity contribution in [2.75, 3.05) is 26.3 Å². The molecule has 0 unspecified atom stereocenters. The lowest BCUT2D eigenvalue weighted by molar-refractivity contribution is 0.0211.